The third-order valence-corrected chi connectivity index (χ3v) is 3.49. The summed E-state index contributed by atoms with van der Waals surface area (Å²) in [5.41, 5.74) is 7.85. The Morgan fingerprint density at radius 2 is 1.95 bits per heavy atom. The van der Waals surface area contributed by atoms with E-state index in [1.165, 1.54) is 0 Å². The lowest BCUT2D eigenvalue weighted by atomic mass is 10.1. The number of nitrogens with two attached hydrogens (primary N) is 1. The molecular weight excluding hydrogens is 336 g/mol. The number of aliphatic carboxylic acids is 1. The summed E-state index contributed by atoms with van der Waals surface area (Å²) in [5.74, 6) is -1.20. The molecule has 0 atom stereocenters. The molecule has 0 aliphatic heterocycles. The summed E-state index contributed by atoms with van der Waals surface area (Å²) in [4.78, 5) is 22.8. The maximum atomic E-state index is 12.1. The van der Waals surface area contributed by atoms with Gasteiger partial charge in [0.1, 0.15) is 0 Å². The van der Waals surface area contributed by atoms with Crippen molar-refractivity contribution in [2.75, 3.05) is 11.1 Å². The molecule has 0 aromatic heterocycles. The Bertz CT molecular complexity index is 701. The summed E-state index contributed by atoms with van der Waals surface area (Å²) < 4.78 is 0.648. The molecule has 0 fully saturated rings. The van der Waals surface area contributed by atoms with Gasteiger partial charge in [-0.3, -0.25) is 9.59 Å². The van der Waals surface area contributed by atoms with Crippen molar-refractivity contribution in [1.82, 2.24) is 0 Å². The first-order valence-corrected chi connectivity index (χ1v) is 6.92. The van der Waals surface area contributed by atoms with E-state index in [1.807, 2.05) is 0 Å². The molecule has 21 heavy (non-hydrogen) atoms. The van der Waals surface area contributed by atoms with Gasteiger partial charge in [-0.25, -0.2) is 0 Å². The molecule has 0 radical (unpaired) electrons. The number of anilines is 2. The molecule has 1 amide bonds. The molecule has 2 aromatic carbocycles. The van der Waals surface area contributed by atoms with Crippen molar-refractivity contribution in [2.45, 2.75) is 6.42 Å². The highest BCUT2D eigenvalue weighted by Gasteiger charge is 2.09. The van der Waals surface area contributed by atoms with Crippen LogP contribution in [0, 0.1) is 0 Å². The first-order chi connectivity index (χ1) is 9.95. The van der Waals surface area contributed by atoms with Gasteiger partial charge in [0.05, 0.1) is 6.42 Å². The lowest BCUT2D eigenvalue weighted by molar-refractivity contribution is -0.136. The number of carbonyl (C=O) groups is 2. The summed E-state index contributed by atoms with van der Waals surface area (Å²) in [6.07, 6.45) is -0.0862. The molecule has 0 saturated carbocycles. The third-order valence-electron chi connectivity index (χ3n) is 2.80. The highest BCUT2D eigenvalue weighted by molar-refractivity contribution is 9.10. The van der Waals surface area contributed by atoms with Gasteiger partial charge in [-0.1, -0.05) is 12.1 Å². The summed E-state index contributed by atoms with van der Waals surface area (Å²) in [7, 11) is 0. The zero-order valence-electron chi connectivity index (χ0n) is 11.0. The van der Waals surface area contributed by atoms with Gasteiger partial charge in [0, 0.05) is 21.4 Å². The molecule has 0 saturated heterocycles. The van der Waals surface area contributed by atoms with E-state index in [4.69, 9.17) is 10.8 Å². The lowest BCUT2D eigenvalue weighted by Crippen LogP contribution is -2.12. The quantitative estimate of drug-likeness (QED) is 0.740. The van der Waals surface area contributed by atoms with E-state index in [-0.39, 0.29) is 12.3 Å². The van der Waals surface area contributed by atoms with Gasteiger partial charge in [-0.05, 0) is 51.8 Å². The van der Waals surface area contributed by atoms with Gasteiger partial charge in [-0.2, -0.15) is 0 Å². The second-order valence-electron chi connectivity index (χ2n) is 4.46. The number of benzene rings is 2. The maximum Gasteiger partial charge on any atom is 0.307 e. The average molecular weight is 349 g/mol. The second kappa shape index (κ2) is 6.41. The number of halogens is 1. The van der Waals surface area contributed by atoms with E-state index in [1.54, 1.807) is 42.5 Å². The number of rotatable bonds is 4. The van der Waals surface area contributed by atoms with Gasteiger partial charge in [0.25, 0.3) is 5.91 Å². The molecular formula is C15H13BrN2O3. The fourth-order valence-corrected chi connectivity index (χ4v) is 2.18. The molecule has 6 heteroatoms. The molecule has 0 aliphatic rings. The van der Waals surface area contributed by atoms with Crippen LogP contribution in [0.15, 0.2) is 46.9 Å². The standard InChI is InChI=1S/C15H13BrN2O3/c16-12-8-10(4-5-13(12)17)15(21)18-11-3-1-2-9(6-11)7-14(19)20/h1-6,8H,7,17H2,(H,18,21)(H,19,20). The number of nitrogens with one attached hydrogen (secondary N) is 1. The molecule has 108 valence electrons. The van der Waals surface area contributed by atoms with E-state index in [2.05, 4.69) is 21.2 Å². The number of hydrogen-bond acceptors (Lipinski definition) is 3. The number of carbonyl (C=O) groups excluding carboxylic acids is 1. The van der Waals surface area contributed by atoms with Gasteiger partial charge in [-0.15, -0.1) is 0 Å². The first kappa shape index (κ1) is 15.1. The Balaban J connectivity index is 2.15. The van der Waals surface area contributed by atoms with Crippen molar-refractivity contribution in [3.63, 3.8) is 0 Å². The van der Waals surface area contributed by atoms with Crippen molar-refractivity contribution < 1.29 is 14.7 Å². The zero-order valence-corrected chi connectivity index (χ0v) is 12.6. The molecule has 0 aliphatic carbocycles. The Morgan fingerprint density at radius 1 is 1.19 bits per heavy atom. The Labute approximate surface area is 129 Å². The van der Waals surface area contributed by atoms with Crippen LogP contribution in [0.25, 0.3) is 0 Å². The number of hydrogen-bond donors (Lipinski definition) is 3. The van der Waals surface area contributed by atoms with Gasteiger partial charge >= 0.3 is 5.97 Å². The van der Waals surface area contributed by atoms with Crippen molar-refractivity contribution in [3.8, 4) is 0 Å². The summed E-state index contributed by atoms with van der Waals surface area (Å²) in [6, 6.07) is 11.6. The van der Waals surface area contributed by atoms with E-state index >= 15 is 0 Å². The average Bonchev–Trinajstić information content (AvgIpc) is 2.41. The minimum absolute atomic E-state index is 0.0862. The van der Waals surface area contributed by atoms with Crippen LogP contribution in [0.3, 0.4) is 0 Å². The van der Waals surface area contributed by atoms with Crippen LogP contribution in [-0.2, 0) is 11.2 Å². The Morgan fingerprint density at radius 3 is 2.62 bits per heavy atom. The van der Waals surface area contributed by atoms with Crippen LogP contribution in [0.2, 0.25) is 0 Å². The molecule has 0 spiro atoms. The zero-order chi connectivity index (χ0) is 15.4. The fraction of sp³-hybridized carbons (Fsp3) is 0.0667. The predicted molar refractivity (Wildman–Crippen MR) is 84.3 cm³/mol. The SMILES string of the molecule is Nc1ccc(C(=O)Nc2cccc(CC(=O)O)c2)cc1Br. The molecule has 0 heterocycles. The molecule has 0 bridgehead atoms. The lowest BCUT2D eigenvalue weighted by Gasteiger charge is -2.08. The molecule has 5 nitrogen and oxygen atoms in total. The van der Waals surface area contributed by atoms with Crippen molar-refractivity contribution >= 4 is 39.2 Å². The van der Waals surface area contributed by atoms with Crippen LogP contribution in [0.4, 0.5) is 11.4 Å². The first-order valence-electron chi connectivity index (χ1n) is 6.13. The summed E-state index contributed by atoms with van der Waals surface area (Å²) in [6.45, 7) is 0. The van der Waals surface area contributed by atoms with E-state index < -0.39 is 5.97 Å². The number of carboxylic acid groups (broad SMARTS) is 1. The van der Waals surface area contributed by atoms with Gasteiger partial charge < -0.3 is 16.2 Å². The van der Waals surface area contributed by atoms with Crippen LogP contribution in [-0.4, -0.2) is 17.0 Å². The monoisotopic (exact) mass is 348 g/mol. The summed E-state index contributed by atoms with van der Waals surface area (Å²) in [5, 5.41) is 11.5. The normalized spacial score (nSPS) is 10.1. The van der Waals surface area contributed by atoms with E-state index in [9.17, 15) is 9.59 Å². The fourth-order valence-electron chi connectivity index (χ4n) is 1.81. The van der Waals surface area contributed by atoms with Gasteiger partial charge in [0.15, 0.2) is 0 Å². The van der Waals surface area contributed by atoms with Crippen LogP contribution >= 0.6 is 15.9 Å². The largest absolute Gasteiger partial charge is 0.481 e. The molecule has 2 aromatic rings. The minimum atomic E-state index is -0.916. The maximum absolute atomic E-state index is 12.1. The highest BCUT2D eigenvalue weighted by Crippen LogP contribution is 2.21. The van der Waals surface area contributed by atoms with Crippen molar-refractivity contribution in [3.05, 3.63) is 58.1 Å². The Hall–Kier alpha value is -2.34. The Kier molecular flexibility index (Phi) is 4.59. The highest BCUT2D eigenvalue weighted by atomic mass is 79.9. The molecule has 0 unspecified atom stereocenters. The van der Waals surface area contributed by atoms with Crippen molar-refractivity contribution in [1.29, 1.82) is 0 Å². The topological polar surface area (TPSA) is 92.4 Å². The molecule has 4 N–H and O–H groups in total. The smallest absolute Gasteiger partial charge is 0.307 e. The minimum Gasteiger partial charge on any atom is -0.481 e. The molecule has 2 rings (SSSR count). The predicted octanol–water partition coefficient (Wildman–Crippen LogP) is 2.91. The summed E-state index contributed by atoms with van der Waals surface area (Å²) >= 11 is 3.27. The van der Waals surface area contributed by atoms with Crippen LogP contribution in [0.5, 0.6) is 0 Å². The number of carboxylic acids is 1. The number of nitrogen functional groups attached to an aromatic ring is 1. The number of amides is 1. The van der Waals surface area contributed by atoms with E-state index in [0.29, 0.717) is 27.0 Å². The van der Waals surface area contributed by atoms with Crippen molar-refractivity contribution in [2.24, 2.45) is 0 Å². The third kappa shape index (κ3) is 4.06. The van der Waals surface area contributed by atoms with Crippen LogP contribution < -0.4 is 11.1 Å². The van der Waals surface area contributed by atoms with Gasteiger partial charge in [0.2, 0.25) is 0 Å². The second-order valence-corrected chi connectivity index (χ2v) is 5.32. The van der Waals surface area contributed by atoms with E-state index in [0.717, 1.165) is 0 Å². The van der Waals surface area contributed by atoms with Crippen LogP contribution in [0.1, 0.15) is 15.9 Å².